The average molecular weight is 407 g/mol. The zero-order valence-corrected chi connectivity index (χ0v) is 17.1. The van der Waals surface area contributed by atoms with Gasteiger partial charge in [0.05, 0.1) is 26.8 Å². The van der Waals surface area contributed by atoms with Gasteiger partial charge < -0.3 is 25.0 Å². The van der Waals surface area contributed by atoms with E-state index in [0.29, 0.717) is 29.3 Å². The van der Waals surface area contributed by atoms with E-state index < -0.39 is 0 Å². The molecule has 0 bridgehead atoms. The molecule has 0 spiro atoms. The van der Waals surface area contributed by atoms with Gasteiger partial charge in [0.25, 0.3) is 0 Å². The lowest BCUT2D eigenvalue weighted by Gasteiger charge is -2.26. The Balaban J connectivity index is 1.62. The molecule has 1 saturated heterocycles. The van der Waals surface area contributed by atoms with Crippen LogP contribution in [0.3, 0.4) is 0 Å². The Morgan fingerprint density at radius 2 is 2.03 bits per heavy atom. The molecule has 0 saturated carbocycles. The molecule has 2 N–H and O–H groups in total. The average Bonchev–Trinajstić information content (AvgIpc) is 3.26. The minimum absolute atomic E-state index is 0.124. The highest BCUT2D eigenvalue weighted by Gasteiger charge is 2.32. The van der Waals surface area contributed by atoms with E-state index in [2.05, 4.69) is 16.6 Å². The molecule has 0 radical (unpaired) electrons. The zero-order valence-electron chi connectivity index (χ0n) is 17.1. The molecule has 0 aromatic heterocycles. The number of terminal acetylenes is 1. The number of hydrogen-bond acceptors (Lipinski definition) is 4. The van der Waals surface area contributed by atoms with Crippen LogP contribution in [0.1, 0.15) is 30.0 Å². The van der Waals surface area contributed by atoms with Gasteiger partial charge in [-0.25, -0.2) is 4.79 Å². The van der Waals surface area contributed by atoms with Gasteiger partial charge in [-0.3, -0.25) is 4.79 Å². The monoisotopic (exact) mass is 407 g/mol. The van der Waals surface area contributed by atoms with Crippen molar-refractivity contribution in [3.05, 3.63) is 53.6 Å². The molecule has 1 aliphatic rings. The molecule has 1 aliphatic heterocycles. The van der Waals surface area contributed by atoms with Crippen molar-refractivity contribution in [2.75, 3.05) is 32.6 Å². The Morgan fingerprint density at radius 1 is 1.20 bits per heavy atom. The number of benzene rings is 2. The smallest absolute Gasteiger partial charge is 0.318 e. The fourth-order valence-electron chi connectivity index (χ4n) is 3.58. The van der Waals surface area contributed by atoms with Crippen LogP contribution in [0.4, 0.5) is 10.5 Å². The molecule has 2 aromatic rings. The second-order valence-corrected chi connectivity index (χ2v) is 6.89. The predicted octanol–water partition coefficient (Wildman–Crippen LogP) is 3.17. The van der Waals surface area contributed by atoms with Gasteiger partial charge in [0.2, 0.25) is 5.91 Å². The summed E-state index contributed by atoms with van der Waals surface area (Å²) in [5.74, 6) is 3.56. The largest absolute Gasteiger partial charge is 0.497 e. The molecule has 1 atom stereocenters. The van der Waals surface area contributed by atoms with Crippen molar-refractivity contribution in [1.29, 1.82) is 0 Å². The lowest BCUT2D eigenvalue weighted by molar-refractivity contribution is -0.115. The Bertz CT molecular complexity index is 967. The molecular formula is C23H25N3O4. The first-order chi connectivity index (χ1) is 14.5. The number of anilines is 1. The Kier molecular flexibility index (Phi) is 6.81. The summed E-state index contributed by atoms with van der Waals surface area (Å²) in [6, 6.07) is 12.1. The molecule has 3 rings (SSSR count). The summed E-state index contributed by atoms with van der Waals surface area (Å²) in [6.07, 6.45) is 7.07. The molecule has 3 amide bonds. The van der Waals surface area contributed by atoms with Gasteiger partial charge in [0.15, 0.2) is 0 Å². The molecular weight excluding hydrogens is 382 g/mol. The minimum atomic E-state index is -0.324. The molecule has 156 valence electrons. The van der Waals surface area contributed by atoms with Crippen molar-refractivity contribution >= 4 is 17.6 Å². The summed E-state index contributed by atoms with van der Waals surface area (Å²) < 4.78 is 10.7. The van der Waals surface area contributed by atoms with Crippen LogP contribution < -0.4 is 20.1 Å². The summed E-state index contributed by atoms with van der Waals surface area (Å²) in [6.45, 7) is 0.472. The maximum Gasteiger partial charge on any atom is 0.318 e. The fourth-order valence-corrected chi connectivity index (χ4v) is 3.58. The van der Waals surface area contributed by atoms with Crippen LogP contribution in [0.25, 0.3) is 0 Å². The van der Waals surface area contributed by atoms with Crippen LogP contribution in [0.2, 0.25) is 0 Å². The summed E-state index contributed by atoms with van der Waals surface area (Å²) in [7, 11) is 3.19. The van der Waals surface area contributed by atoms with Crippen LogP contribution in [0, 0.1) is 12.3 Å². The Hall–Kier alpha value is -3.66. The van der Waals surface area contributed by atoms with E-state index in [-0.39, 0.29) is 24.5 Å². The van der Waals surface area contributed by atoms with Gasteiger partial charge >= 0.3 is 6.03 Å². The predicted molar refractivity (Wildman–Crippen MR) is 115 cm³/mol. The standard InChI is InChI=1S/C23H25N3O4/c1-4-16-7-5-8-17(13-16)25-22(27)15-24-23(28)26-12-6-9-20(26)19-11-10-18(29-2)14-21(19)30-3/h1,5,7-8,10-11,13-14,20H,6,9,12,15H2,2-3H3,(H,24,28)(H,25,27). The summed E-state index contributed by atoms with van der Waals surface area (Å²) in [5.41, 5.74) is 2.18. The number of amides is 3. The number of urea groups is 1. The molecule has 1 fully saturated rings. The molecule has 1 unspecified atom stereocenters. The third-order valence-electron chi connectivity index (χ3n) is 5.03. The first-order valence-electron chi connectivity index (χ1n) is 9.68. The summed E-state index contributed by atoms with van der Waals surface area (Å²) >= 11 is 0. The summed E-state index contributed by atoms with van der Waals surface area (Å²) in [4.78, 5) is 26.7. The van der Waals surface area contributed by atoms with Crippen molar-refractivity contribution in [3.63, 3.8) is 0 Å². The molecule has 2 aromatic carbocycles. The van der Waals surface area contributed by atoms with E-state index in [1.54, 1.807) is 43.4 Å². The number of carbonyl (C=O) groups is 2. The number of rotatable bonds is 6. The van der Waals surface area contributed by atoms with Crippen molar-refractivity contribution in [3.8, 4) is 23.8 Å². The zero-order chi connectivity index (χ0) is 21.5. The van der Waals surface area contributed by atoms with Crippen LogP contribution in [-0.2, 0) is 4.79 Å². The van der Waals surface area contributed by atoms with Crippen molar-refractivity contribution in [1.82, 2.24) is 10.2 Å². The van der Waals surface area contributed by atoms with E-state index in [0.717, 1.165) is 18.4 Å². The topological polar surface area (TPSA) is 79.9 Å². The quantitative estimate of drug-likeness (QED) is 0.721. The molecule has 0 aliphatic carbocycles. The van der Waals surface area contributed by atoms with Crippen LogP contribution in [0.5, 0.6) is 11.5 Å². The maximum absolute atomic E-state index is 12.8. The van der Waals surface area contributed by atoms with Gasteiger partial charge in [-0.2, -0.15) is 0 Å². The second-order valence-electron chi connectivity index (χ2n) is 6.89. The van der Waals surface area contributed by atoms with Gasteiger partial charge in [-0.05, 0) is 43.2 Å². The summed E-state index contributed by atoms with van der Waals surface area (Å²) in [5, 5.41) is 5.44. The van der Waals surface area contributed by atoms with Crippen molar-refractivity contribution < 1.29 is 19.1 Å². The number of nitrogens with zero attached hydrogens (tertiary/aromatic N) is 1. The van der Waals surface area contributed by atoms with Crippen LogP contribution >= 0.6 is 0 Å². The SMILES string of the molecule is C#Cc1cccc(NC(=O)CNC(=O)N2CCCC2c2ccc(OC)cc2OC)c1. The molecule has 7 heteroatoms. The van der Waals surface area contributed by atoms with E-state index in [1.807, 2.05) is 18.2 Å². The number of ether oxygens (including phenoxy) is 2. The van der Waals surface area contributed by atoms with Gasteiger partial charge in [-0.15, -0.1) is 6.42 Å². The van der Waals surface area contributed by atoms with E-state index in [1.165, 1.54) is 0 Å². The molecule has 7 nitrogen and oxygen atoms in total. The van der Waals surface area contributed by atoms with Gasteiger partial charge in [0.1, 0.15) is 11.5 Å². The van der Waals surface area contributed by atoms with Gasteiger partial charge in [-0.1, -0.05) is 12.0 Å². The first kappa shape index (κ1) is 21.1. The highest BCUT2D eigenvalue weighted by atomic mass is 16.5. The number of methoxy groups -OCH3 is 2. The van der Waals surface area contributed by atoms with Gasteiger partial charge in [0, 0.05) is 29.4 Å². The van der Waals surface area contributed by atoms with Crippen molar-refractivity contribution in [2.45, 2.75) is 18.9 Å². The number of likely N-dealkylation sites (tertiary alicyclic amines) is 1. The van der Waals surface area contributed by atoms with Crippen LogP contribution in [-0.4, -0.2) is 44.1 Å². The van der Waals surface area contributed by atoms with E-state index >= 15 is 0 Å². The highest BCUT2D eigenvalue weighted by molar-refractivity contribution is 5.94. The Labute approximate surface area is 176 Å². The number of hydrogen-bond donors (Lipinski definition) is 2. The van der Waals surface area contributed by atoms with Crippen LogP contribution in [0.15, 0.2) is 42.5 Å². The minimum Gasteiger partial charge on any atom is -0.497 e. The molecule has 1 heterocycles. The first-order valence-corrected chi connectivity index (χ1v) is 9.68. The normalized spacial score (nSPS) is 15.2. The third kappa shape index (κ3) is 4.84. The highest BCUT2D eigenvalue weighted by Crippen LogP contribution is 2.38. The lowest BCUT2D eigenvalue weighted by Crippen LogP contribution is -2.42. The van der Waals surface area contributed by atoms with E-state index in [4.69, 9.17) is 15.9 Å². The van der Waals surface area contributed by atoms with E-state index in [9.17, 15) is 9.59 Å². The Morgan fingerprint density at radius 3 is 2.77 bits per heavy atom. The maximum atomic E-state index is 12.8. The number of nitrogens with one attached hydrogen (secondary N) is 2. The molecule has 30 heavy (non-hydrogen) atoms. The lowest BCUT2D eigenvalue weighted by atomic mass is 10.0. The third-order valence-corrected chi connectivity index (χ3v) is 5.03. The number of carbonyl (C=O) groups excluding carboxylic acids is 2. The second kappa shape index (κ2) is 9.70. The van der Waals surface area contributed by atoms with Crippen molar-refractivity contribution in [2.24, 2.45) is 0 Å². The fraction of sp³-hybridized carbons (Fsp3) is 0.304.